The minimum atomic E-state index is -0.814. The van der Waals surface area contributed by atoms with Gasteiger partial charge in [-0.15, -0.1) is 0 Å². The molecule has 3 N–H and O–H groups in total. The standard InChI is InChI=1S/C13H15FN4O/c1-8-9(7-18(2)17-8)12(13(15)19)16-11-6-4-3-5-10(11)14/h3-7,12,16H,1-2H3,(H2,15,19). The zero-order chi connectivity index (χ0) is 14.0. The molecule has 0 fully saturated rings. The maximum atomic E-state index is 13.6. The molecule has 0 bridgehead atoms. The van der Waals surface area contributed by atoms with E-state index in [1.165, 1.54) is 6.07 Å². The van der Waals surface area contributed by atoms with Crippen molar-refractivity contribution >= 4 is 11.6 Å². The van der Waals surface area contributed by atoms with E-state index in [0.29, 0.717) is 11.3 Å². The summed E-state index contributed by atoms with van der Waals surface area (Å²) in [6.07, 6.45) is 1.69. The second kappa shape index (κ2) is 5.09. The number of carbonyl (C=O) groups excluding carboxylic acids is 1. The Morgan fingerprint density at radius 2 is 2.16 bits per heavy atom. The number of amides is 1. The van der Waals surface area contributed by atoms with Crippen LogP contribution in [0.2, 0.25) is 0 Å². The molecule has 0 saturated carbocycles. The fourth-order valence-corrected chi connectivity index (χ4v) is 1.94. The Morgan fingerprint density at radius 3 is 2.68 bits per heavy atom. The minimum absolute atomic E-state index is 0.231. The number of nitrogens with two attached hydrogens (primary N) is 1. The highest BCUT2D eigenvalue weighted by molar-refractivity contribution is 5.84. The molecule has 1 atom stereocenters. The van der Waals surface area contributed by atoms with E-state index in [4.69, 9.17) is 5.73 Å². The second-order valence-corrected chi connectivity index (χ2v) is 4.30. The van der Waals surface area contributed by atoms with Crippen LogP contribution in [0.25, 0.3) is 0 Å². The van der Waals surface area contributed by atoms with E-state index in [9.17, 15) is 9.18 Å². The van der Waals surface area contributed by atoms with Gasteiger partial charge in [0.05, 0.1) is 11.4 Å². The Morgan fingerprint density at radius 1 is 1.47 bits per heavy atom. The molecule has 1 aromatic heterocycles. The highest BCUT2D eigenvalue weighted by Crippen LogP contribution is 2.23. The van der Waals surface area contributed by atoms with Crippen molar-refractivity contribution in [3.63, 3.8) is 0 Å². The summed E-state index contributed by atoms with van der Waals surface area (Å²) in [6.45, 7) is 1.77. The lowest BCUT2D eigenvalue weighted by molar-refractivity contribution is -0.118. The molecule has 1 unspecified atom stereocenters. The summed E-state index contributed by atoms with van der Waals surface area (Å²) in [5.41, 5.74) is 6.93. The Hall–Kier alpha value is -2.37. The van der Waals surface area contributed by atoms with Gasteiger partial charge in [-0.2, -0.15) is 5.10 Å². The fraction of sp³-hybridized carbons (Fsp3) is 0.231. The number of halogens is 1. The van der Waals surface area contributed by atoms with Crippen LogP contribution in [0.5, 0.6) is 0 Å². The Bertz CT molecular complexity index is 608. The number of hydrogen-bond acceptors (Lipinski definition) is 3. The molecule has 0 saturated heterocycles. The predicted octanol–water partition coefficient (Wildman–Crippen LogP) is 1.51. The molecule has 1 heterocycles. The van der Waals surface area contributed by atoms with Crippen molar-refractivity contribution in [2.75, 3.05) is 5.32 Å². The van der Waals surface area contributed by atoms with Crippen molar-refractivity contribution in [3.8, 4) is 0 Å². The van der Waals surface area contributed by atoms with E-state index in [2.05, 4.69) is 10.4 Å². The number of para-hydroxylation sites is 1. The lowest BCUT2D eigenvalue weighted by Crippen LogP contribution is -2.28. The number of aryl methyl sites for hydroxylation is 2. The van der Waals surface area contributed by atoms with Gasteiger partial charge < -0.3 is 11.1 Å². The third kappa shape index (κ3) is 2.73. The second-order valence-electron chi connectivity index (χ2n) is 4.30. The third-order valence-corrected chi connectivity index (χ3v) is 2.82. The number of benzene rings is 1. The number of nitrogens with one attached hydrogen (secondary N) is 1. The summed E-state index contributed by atoms with van der Waals surface area (Å²) < 4.78 is 15.2. The van der Waals surface area contributed by atoms with E-state index in [1.807, 2.05) is 0 Å². The number of primary amides is 1. The van der Waals surface area contributed by atoms with Crippen molar-refractivity contribution in [2.45, 2.75) is 13.0 Å². The summed E-state index contributed by atoms with van der Waals surface area (Å²) in [5, 5.41) is 6.97. The average Bonchev–Trinajstić information content (AvgIpc) is 2.67. The van der Waals surface area contributed by atoms with Crippen LogP contribution in [0.3, 0.4) is 0 Å². The van der Waals surface area contributed by atoms with Gasteiger partial charge in [-0.25, -0.2) is 4.39 Å². The van der Waals surface area contributed by atoms with E-state index >= 15 is 0 Å². The molecule has 100 valence electrons. The molecule has 0 aliphatic heterocycles. The van der Waals surface area contributed by atoms with E-state index in [-0.39, 0.29) is 5.69 Å². The largest absolute Gasteiger partial charge is 0.368 e. The van der Waals surface area contributed by atoms with Crippen LogP contribution in [0.4, 0.5) is 10.1 Å². The first-order valence-electron chi connectivity index (χ1n) is 5.79. The third-order valence-electron chi connectivity index (χ3n) is 2.82. The number of nitrogens with zero attached hydrogens (tertiary/aromatic N) is 2. The monoisotopic (exact) mass is 262 g/mol. The van der Waals surface area contributed by atoms with E-state index < -0.39 is 17.8 Å². The number of anilines is 1. The van der Waals surface area contributed by atoms with Crippen LogP contribution >= 0.6 is 0 Å². The topological polar surface area (TPSA) is 72.9 Å². The molecule has 0 aliphatic carbocycles. The number of aromatic nitrogens is 2. The summed E-state index contributed by atoms with van der Waals surface area (Å²) in [4.78, 5) is 11.6. The summed E-state index contributed by atoms with van der Waals surface area (Å²) in [7, 11) is 1.75. The highest BCUT2D eigenvalue weighted by Gasteiger charge is 2.22. The first-order valence-corrected chi connectivity index (χ1v) is 5.79. The van der Waals surface area contributed by atoms with E-state index in [1.54, 1.807) is 43.0 Å². The van der Waals surface area contributed by atoms with Crippen LogP contribution < -0.4 is 11.1 Å². The van der Waals surface area contributed by atoms with Crippen molar-refractivity contribution < 1.29 is 9.18 Å². The van der Waals surface area contributed by atoms with Crippen LogP contribution in [-0.4, -0.2) is 15.7 Å². The predicted molar refractivity (Wildman–Crippen MR) is 69.9 cm³/mol. The van der Waals surface area contributed by atoms with Gasteiger partial charge >= 0.3 is 0 Å². The summed E-state index contributed by atoms with van der Waals surface area (Å²) >= 11 is 0. The Balaban J connectivity index is 2.35. The van der Waals surface area contributed by atoms with Gasteiger partial charge in [-0.1, -0.05) is 12.1 Å². The molecule has 1 aromatic carbocycles. The zero-order valence-corrected chi connectivity index (χ0v) is 10.7. The van der Waals surface area contributed by atoms with Crippen LogP contribution in [0.1, 0.15) is 17.3 Å². The fourth-order valence-electron chi connectivity index (χ4n) is 1.94. The molecule has 6 heteroatoms. The molecule has 19 heavy (non-hydrogen) atoms. The van der Waals surface area contributed by atoms with Crippen molar-refractivity contribution in [1.82, 2.24) is 9.78 Å². The van der Waals surface area contributed by atoms with Gasteiger partial charge in [0, 0.05) is 18.8 Å². The number of rotatable bonds is 4. The average molecular weight is 262 g/mol. The van der Waals surface area contributed by atoms with Gasteiger partial charge in [-0.05, 0) is 19.1 Å². The SMILES string of the molecule is Cc1nn(C)cc1C(Nc1ccccc1F)C(N)=O. The van der Waals surface area contributed by atoms with Gasteiger partial charge in [0.25, 0.3) is 0 Å². The zero-order valence-electron chi connectivity index (χ0n) is 10.7. The first kappa shape index (κ1) is 13.1. The quantitative estimate of drug-likeness (QED) is 0.877. The molecule has 2 aromatic rings. The van der Waals surface area contributed by atoms with Crippen LogP contribution in [0.15, 0.2) is 30.5 Å². The minimum Gasteiger partial charge on any atom is -0.368 e. The maximum Gasteiger partial charge on any atom is 0.244 e. The molecule has 0 aliphatic rings. The van der Waals surface area contributed by atoms with E-state index in [0.717, 1.165) is 0 Å². The number of carbonyl (C=O) groups is 1. The lowest BCUT2D eigenvalue weighted by atomic mass is 10.1. The Kier molecular flexibility index (Phi) is 3.50. The molecule has 1 amide bonds. The molecule has 5 nitrogen and oxygen atoms in total. The summed E-state index contributed by atoms with van der Waals surface area (Å²) in [6, 6.07) is 5.31. The first-order chi connectivity index (χ1) is 8.99. The van der Waals surface area contributed by atoms with Gasteiger partial charge in [-0.3, -0.25) is 9.48 Å². The highest BCUT2D eigenvalue weighted by atomic mass is 19.1. The van der Waals surface area contributed by atoms with Gasteiger partial charge in [0.2, 0.25) is 5.91 Å². The lowest BCUT2D eigenvalue weighted by Gasteiger charge is -2.16. The van der Waals surface area contributed by atoms with Crippen molar-refractivity contribution in [2.24, 2.45) is 12.8 Å². The summed E-state index contributed by atoms with van der Waals surface area (Å²) in [5.74, 6) is -1.02. The maximum absolute atomic E-state index is 13.6. The molecule has 0 spiro atoms. The van der Waals surface area contributed by atoms with Crippen LogP contribution in [0, 0.1) is 12.7 Å². The van der Waals surface area contributed by atoms with Crippen molar-refractivity contribution in [1.29, 1.82) is 0 Å². The van der Waals surface area contributed by atoms with Gasteiger partial charge in [0.1, 0.15) is 11.9 Å². The molecule has 2 rings (SSSR count). The normalized spacial score (nSPS) is 12.2. The smallest absolute Gasteiger partial charge is 0.244 e. The molecular formula is C13H15FN4O. The molecular weight excluding hydrogens is 247 g/mol. The molecule has 0 radical (unpaired) electrons. The van der Waals surface area contributed by atoms with Crippen molar-refractivity contribution in [3.05, 3.63) is 47.5 Å². The van der Waals surface area contributed by atoms with Crippen LogP contribution in [-0.2, 0) is 11.8 Å². The Labute approximate surface area is 110 Å². The van der Waals surface area contributed by atoms with Gasteiger partial charge in [0.15, 0.2) is 0 Å². The number of hydrogen-bond donors (Lipinski definition) is 2.